The molecule has 0 atom stereocenters. The summed E-state index contributed by atoms with van der Waals surface area (Å²) in [4.78, 5) is 17.6. The molecule has 0 aliphatic carbocycles. The Morgan fingerprint density at radius 2 is 1.93 bits per heavy atom. The molecule has 2 N–H and O–H groups in total. The van der Waals surface area contributed by atoms with E-state index in [4.69, 9.17) is 5.11 Å². The van der Waals surface area contributed by atoms with Crippen molar-refractivity contribution in [2.24, 2.45) is 0 Å². The van der Waals surface area contributed by atoms with Crippen LogP contribution in [-0.2, 0) is 0 Å². The number of benzene rings is 1. The molecule has 0 unspecified atom stereocenters. The van der Waals surface area contributed by atoms with Crippen LogP contribution < -0.4 is 5.56 Å². The Balaban J connectivity index is 2.50. The maximum atomic E-state index is 11.1. The summed E-state index contributed by atoms with van der Waals surface area (Å²) < 4.78 is 0. The van der Waals surface area contributed by atoms with Gasteiger partial charge in [0.15, 0.2) is 5.75 Å². The lowest BCUT2D eigenvalue weighted by Gasteiger charge is -2.00. The van der Waals surface area contributed by atoms with E-state index >= 15 is 0 Å². The summed E-state index contributed by atoms with van der Waals surface area (Å²) in [6, 6.07) is 7.60. The fourth-order valence-corrected chi connectivity index (χ4v) is 1.25. The van der Waals surface area contributed by atoms with Crippen molar-refractivity contribution in [2.45, 2.75) is 6.92 Å². The number of aryl methyl sites for hydroxylation is 1. The predicted molar refractivity (Wildman–Crippen MR) is 56.7 cm³/mol. The van der Waals surface area contributed by atoms with E-state index in [1.54, 1.807) is 0 Å². The second-order valence-electron chi connectivity index (χ2n) is 3.31. The van der Waals surface area contributed by atoms with Gasteiger partial charge in [0.05, 0.1) is 6.20 Å². The molecule has 2 aromatic rings. The number of aromatic hydroxyl groups is 1. The maximum Gasteiger partial charge on any atom is 0.315 e. The van der Waals surface area contributed by atoms with E-state index in [9.17, 15) is 4.79 Å². The van der Waals surface area contributed by atoms with Crippen LogP contribution in [0.15, 0.2) is 35.3 Å². The number of hydrogen-bond acceptors (Lipinski definition) is 3. The zero-order valence-corrected chi connectivity index (χ0v) is 8.19. The SMILES string of the molecule is Cc1ccc(-c2nc(=O)c(O)c[nH]2)cc1. The molecule has 0 amide bonds. The molecule has 76 valence electrons. The van der Waals surface area contributed by atoms with E-state index in [1.807, 2.05) is 31.2 Å². The lowest BCUT2D eigenvalue weighted by Crippen LogP contribution is -2.07. The Kier molecular flexibility index (Phi) is 2.25. The molecule has 1 aromatic heterocycles. The second kappa shape index (κ2) is 3.57. The fourth-order valence-electron chi connectivity index (χ4n) is 1.25. The molecule has 0 radical (unpaired) electrons. The van der Waals surface area contributed by atoms with Crippen LogP contribution in [0.1, 0.15) is 5.56 Å². The van der Waals surface area contributed by atoms with Gasteiger partial charge in [-0.1, -0.05) is 29.8 Å². The van der Waals surface area contributed by atoms with Crippen molar-refractivity contribution in [3.63, 3.8) is 0 Å². The minimum absolute atomic E-state index is 0.370. The number of nitrogens with zero attached hydrogens (tertiary/aromatic N) is 1. The van der Waals surface area contributed by atoms with Crippen LogP contribution in [0.25, 0.3) is 11.4 Å². The Morgan fingerprint density at radius 3 is 2.53 bits per heavy atom. The molecule has 15 heavy (non-hydrogen) atoms. The Labute approximate surface area is 86.2 Å². The van der Waals surface area contributed by atoms with Gasteiger partial charge >= 0.3 is 5.56 Å². The number of nitrogens with one attached hydrogen (secondary N) is 1. The van der Waals surface area contributed by atoms with Crippen molar-refractivity contribution in [2.75, 3.05) is 0 Å². The zero-order valence-electron chi connectivity index (χ0n) is 8.19. The first kappa shape index (κ1) is 9.45. The average molecular weight is 202 g/mol. The van der Waals surface area contributed by atoms with Crippen LogP contribution >= 0.6 is 0 Å². The number of aromatic nitrogens is 2. The van der Waals surface area contributed by atoms with Gasteiger partial charge in [0.25, 0.3) is 0 Å². The molecule has 4 heteroatoms. The summed E-state index contributed by atoms with van der Waals surface area (Å²) in [6.45, 7) is 1.98. The Hall–Kier alpha value is -2.10. The Morgan fingerprint density at radius 1 is 1.27 bits per heavy atom. The highest BCUT2D eigenvalue weighted by molar-refractivity contribution is 5.55. The number of hydrogen-bond donors (Lipinski definition) is 2. The maximum absolute atomic E-state index is 11.1. The van der Waals surface area contributed by atoms with Crippen LogP contribution in [0.3, 0.4) is 0 Å². The van der Waals surface area contributed by atoms with Crippen molar-refractivity contribution >= 4 is 0 Å². The third-order valence-corrected chi connectivity index (χ3v) is 2.10. The van der Waals surface area contributed by atoms with E-state index in [2.05, 4.69) is 9.97 Å². The molecular formula is C11H10N2O2. The smallest absolute Gasteiger partial charge is 0.315 e. The first-order valence-electron chi connectivity index (χ1n) is 4.52. The highest BCUT2D eigenvalue weighted by atomic mass is 16.3. The Bertz CT molecular complexity index is 529. The summed E-state index contributed by atoms with van der Waals surface area (Å²) >= 11 is 0. The summed E-state index contributed by atoms with van der Waals surface area (Å²) in [5, 5.41) is 9.03. The molecule has 1 heterocycles. The van der Waals surface area contributed by atoms with Gasteiger partial charge in [-0.05, 0) is 6.92 Å². The van der Waals surface area contributed by atoms with Crippen LogP contribution in [0.5, 0.6) is 5.75 Å². The van der Waals surface area contributed by atoms with Crippen molar-refractivity contribution < 1.29 is 5.11 Å². The summed E-state index contributed by atoms with van der Waals surface area (Å²) in [7, 11) is 0. The van der Waals surface area contributed by atoms with E-state index in [0.717, 1.165) is 11.1 Å². The van der Waals surface area contributed by atoms with E-state index in [-0.39, 0.29) is 5.75 Å². The first-order valence-corrected chi connectivity index (χ1v) is 4.52. The van der Waals surface area contributed by atoms with Crippen LogP contribution in [0, 0.1) is 6.92 Å². The second-order valence-corrected chi connectivity index (χ2v) is 3.31. The molecule has 0 fully saturated rings. The molecule has 0 saturated carbocycles. The standard InChI is InChI=1S/C11H10N2O2/c1-7-2-4-8(5-3-7)10-12-6-9(14)11(15)13-10/h2-6,14H,1H3,(H,12,13,15). The minimum Gasteiger partial charge on any atom is -0.502 e. The number of rotatable bonds is 1. The van der Waals surface area contributed by atoms with Crippen molar-refractivity contribution in [3.8, 4) is 17.1 Å². The van der Waals surface area contributed by atoms with Gasteiger partial charge in [-0.2, -0.15) is 4.98 Å². The van der Waals surface area contributed by atoms with Gasteiger partial charge in [0.2, 0.25) is 0 Å². The molecule has 1 aromatic carbocycles. The molecule has 0 saturated heterocycles. The first-order chi connectivity index (χ1) is 7.16. The van der Waals surface area contributed by atoms with Gasteiger partial charge in [0, 0.05) is 5.56 Å². The highest BCUT2D eigenvalue weighted by Crippen LogP contribution is 2.14. The van der Waals surface area contributed by atoms with E-state index < -0.39 is 5.56 Å². The van der Waals surface area contributed by atoms with Crippen LogP contribution in [0.2, 0.25) is 0 Å². The topological polar surface area (TPSA) is 66.0 Å². The normalized spacial score (nSPS) is 10.2. The van der Waals surface area contributed by atoms with E-state index in [0.29, 0.717) is 5.82 Å². The third kappa shape index (κ3) is 1.88. The molecule has 0 bridgehead atoms. The molecule has 0 aliphatic rings. The third-order valence-electron chi connectivity index (χ3n) is 2.10. The zero-order chi connectivity index (χ0) is 10.8. The lowest BCUT2D eigenvalue weighted by molar-refractivity contribution is 0.463. The molecule has 0 aliphatic heterocycles. The highest BCUT2D eigenvalue weighted by Gasteiger charge is 2.02. The summed E-state index contributed by atoms with van der Waals surface area (Å²) in [5.41, 5.74) is 1.34. The summed E-state index contributed by atoms with van der Waals surface area (Å²) in [6.07, 6.45) is 1.24. The quantitative estimate of drug-likeness (QED) is 0.735. The molecule has 0 spiro atoms. The average Bonchev–Trinajstić information content (AvgIpc) is 2.23. The van der Waals surface area contributed by atoms with Gasteiger partial charge in [-0.15, -0.1) is 0 Å². The van der Waals surface area contributed by atoms with Crippen molar-refractivity contribution in [1.29, 1.82) is 0 Å². The van der Waals surface area contributed by atoms with Crippen LogP contribution in [0.4, 0.5) is 0 Å². The largest absolute Gasteiger partial charge is 0.502 e. The molecular weight excluding hydrogens is 192 g/mol. The van der Waals surface area contributed by atoms with E-state index in [1.165, 1.54) is 6.20 Å². The van der Waals surface area contributed by atoms with Gasteiger partial charge in [-0.25, -0.2) is 0 Å². The minimum atomic E-state index is -0.621. The number of aromatic amines is 1. The number of H-pyrrole nitrogens is 1. The summed E-state index contributed by atoms with van der Waals surface area (Å²) in [5.74, 6) is 0.0867. The lowest BCUT2D eigenvalue weighted by atomic mass is 10.1. The molecule has 2 rings (SSSR count). The van der Waals surface area contributed by atoms with Crippen LogP contribution in [-0.4, -0.2) is 15.1 Å². The van der Waals surface area contributed by atoms with Gasteiger partial charge in [-0.3, -0.25) is 4.79 Å². The molecule has 4 nitrogen and oxygen atoms in total. The fraction of sp³-hybridized carbons (Fsp3) is 0.0909. The monoisotopic (exact) mass is 202 g/mol. The van der Waals surface area contributed by atoms with Gasteiger partial charge in [0.1, 0.15) is 5.82 Å². The predicted octanol–water partition coefficient (Wildman–Crippen LogP) is 1.45. The van der Waals surface area contributed by atoms with Gasteiger partial charge < -0.3 is 10.1 Å². The van der Waals surface area contributed by atoms with Crippen molar-refractivity contribution in [1.82, 2.24) is 9.97 Å². The van der Waals surface area contributed by atoms with Crippen molar-refractivity contribution in [3.05, 3.63) is 46.4 Å².